The SMILES string of the molecule is CCCCN(C)C(=O)c1ccnc(NCCc2ccc(OC)c(OC)c2)n1. The molecule has 1 amide bonds. The zero-order valence-electron chi connectivity index (χ0n) is 16.5. The van der Waals surface area contributed by atoms with E-state index in [0.717, 1.165) is 31.4 Å². The first-order valence-electron chi connectivity index (χ1n) is 9.12. The van der Waals surface area contributed by atoms with E-state index in [2.05, 4.69) is 22.2 Å². The van der Waals surface area contributed by atoms with Gasteiger partial charge in [-0.1, -0.05) is 19.4 Å². The number of unbranched alkanes of at least 4 members (excludes halogenated alkanes) is 1. The van der Waals surface area contributed by atoms with E-state index in [4.69, 9.17) is 9.47 Å². The zero-order valence-corrected chi connectivity index (χ0v) is 16.5. The van der Waals surface area contributed by atoms with E-state index in [1.165, 1.54) is 0 Å². The normalized spacial score (nSPS) is 10.4. The summed E-state index contributed by atoms with van der Waals surface area (Å²) in [7, 11) is 5.03. The van der Waals surface area contributed by atoms with Crippen molar-refractivity contribution in [1.82, 2.24) is 14.9 Å². The Hall–Kier alpha value is -2.83. The van der Waals surface area contributed by atoms with Gasteiger partial charge in [-0.3, -0.25) is 4.79 Å². The van der Waals surface area contributed by atoms with Crippen molar-refractivity contribution >= 4 is 11.9 Å². The molecule has 1 aromatic heterocycles. The molecular formula is C20H28N4O3. The minimum atomic E-state index is -0.0891. The number of carbonyl (C=O) groups excluding carboxylic acids is 1. The number of ether oxygens (including phenoxy) is 2. The highest BCUT2D eigenvalue weighted by Crippen LogP contribution is 2.27. The van der Waals surface area contributed by atoms with Gasteiger partial charge in [0.15, 0.2) is 11.5 Å². The highest BCUT2D eigenvalue weighted by molar-refractivity contribution is 5.92. The summed E-state index contributed by atoms with van der Waals surface area (Å²) >= 11 is 0. The molecule has 0 spiro atoms. The van der Waals surface area contributed by atoms with Crippen LogP contribution in [-0.2, 0) is 6.42 Å². The van der Waals surface area contributed by atoms with Crippen molar-refractivity contribution in [3.8, 4) is 11.5 Å². The van der Waals surface area contributed by atoms with Crippen LogP contribution >= 0.6 is 0 Å². The Morgan fingerprint density at radius 1 is 1.19 bits per heavy atom. The predicted octanol–water partition coefficient (Wildman–Crippen LogP) is 3.02. The molecule has 0 radical (unpaired) electrons. The molecule has 7 heteroatoms. The number of hydrogen-bond acceptors (Lipinski definition) is 6. The molecule has 0 saturated heterocycles. The average molecular weight is 372 g/mol. The third-order valence-corrected chi connectivity index (χ3v) is 4.21. The third kappa shape index (κ3) is 5.84. The lowest BCUT2D eigenvalue weighted by Crippen LogP contribution is -2.28. The van der Waals surface area contributed by atoms with Gasteiger partial charge < -0.3 is 19.7 Å². The van der Waals surface area contributed by atoms with Gasteiger partial charge in [0.1, 0.15) is 5.69 Å². The van der Waals surface area contributed by atoms with Gasteiger partial charge >= 0.3 is 0 Å². The maximum absolute atomic E-state index is 12.4. The van der Waals surface area contributed by atoms with Crippen LogP contribution in [0.5, 0.6) is 11.5 Å². The van der Waals surface area contributed by atoms with E-state index in [1.54, 1.807) is 38.4 Å². The van der Waals surface area contributed by atoms with Crippen LogP contribution in [0.2, 0.25) is 0 Å². The van der Waals surface area contributed by atoms with Crippen molar-refractivity contribution < 1.29 is 14.3 Å². The van der Waals surface area contributed by atoms with Gasteiger partial charge in [-0.15, -0.1) is 0 Å². The van der Waals surface area contributed by atoms with Gasteiger partial charge in [0.25, 0.3) is 5.91 Å². The number of amides is 1. The van der Waals surface area contributed by atoms with Gasteiger partial charge in [0.2, 0.25) is 5.95 Å². The molecule has 1 aromatic carbocycles. The topological polar surface area (TPSA) is 76.6 Å². The molecule has 0 bridgehead atoms. The maximum Gasteiger partial charge on any atom is 0.272 e. The average Bonchev–Trinajstić information content (AvgIpc) is 2.71. The summed E-state index contributed by atoms with van der Waals surface area (Å²) in [5, 5.41) is 3.17. The standard InChI is InChI=1S/C20H28N4O3/c1-5-6-13-24(2)19(25)16-10-12-22-20(23-16)21-11-9-15-7-8-17(26-3)18(14-15)27-4/h7-8,10,12,14H,5-6,9,11,13H2,1-4H3,(H,21,22,23). The van der Waals surface area contributed by atoms with Crippen LogP contribution in [0.3, 0.4) is 0 Å². The molecule has 0 atom stereocenters. The highest BCUT2D eigenvalue weighted by Gasteiger charge is 2.13. The second-order valence-corrected chi connectivity index (χ2v) is 6.21. The Morgan fingerprint density at radius 3 is 2.67 bits per heavy atom. The minimum absolute atomic E-state index is 0.0891. The predicted molar refractivity (Wildman–Crippen MR) is 106 cm³/mol. The summed E-state index contributed by atoms with van der Waals surface area (Å²) in [4.78, 5) is 22.6. The number of nitrogens with one attached hydrogen (secondary N) is 1. The fraction of sp³-hybridized carbons (Fsp3) is 0.450. The molecule has 0 fully saturated rings. The molecule has 2 aromatic rings. The summed E-state index contributed by atoms with van der Waals surface area (Å²) in [6.07, 6.45) is 4.39. The molecule has 146 valence electrons. The molecule has 0 unspecified atom stereocenters. The van der Waals surface area contributed by atoms with Gasteiger partial charge in [0.05, 0.1) is 14.2 Å². The quantitative estimate of drug-likeness (QED) is 0.691. The van der Waals surface area contributed by atoms with Gasteiger partial charge in [-0.05, 0) is 36.6 Å². The number of benzene rings is 1. The number of rotatable bonds is 10. The number of anilines is 1. The second kappa shape index (κ2) is 10.4. The van der Waals surface area contributed by atoms with Crippen LogP contribution in [0.4, 0.5) is 5.95 Å². The molecule has 27 heavy (non-hydrogen) atoms. The maximum atomic E-state index is 12.4. The summed E-state index contributed by atoms with van der Waals surface area (Å²) in [5.74, 6) is 1.77. The van der Waals surface area contributed by atoms with Gasteiger partial charge in [-0.25, -0.2) is 9.97 Å². The van der Waals surface area contributed by atoms with Crippen LogP contribution in [0.25, 0.3) is 0 Å². The van der Waals surface area contributed by atoms with E-state index >= 15 is 0 Å². The van der Waals surface area contributed by atoms with Crippen molar-refractivity contribution in [3.05, 3.63) is 41.7 Å². The van der Waals surface area contributed by atoms with Crippen LogP contribution in [-0.4, -0.2) is 55.1 Å². The molecule has 0 aliphatic heterocycles. The Balaban J connectivity index is 1.94. The van der Waals surface area contributed by atoms with Crippen molar-refractivity contribution in [1.29, 1.82) is 0 Å². The minimum Gasteiger partial charge on any atom is -0.493 e. The second-order valence-electron chi connectivity index (χ2n) is 6.21. The first kappa shape index (κ1) is 20.5. The van der Waals surface area contributed by atoms with Crippen LogP contribution in [0.1, 0.15) is 35.8 Å². The van der Waals surface area contributed by atoms with Crippen molar-refractivity contribution in [2.75, 3.05) is 39.7 Å². The highest BCUT2D eigenvalue weighted by atomic mass is 16.5. The molecular weight excluding hydrogens is 344 g/mol. The largest absolute Gasteiger partial charge is 0.493 e. The van der Waals surface area contributed by atoms with E-state index in [-0.39, 0.29) is 5.91 Å². The van der Waals surface area contributed by atoms with Crippen LogP contribution in [0, 0.1) is 0 Å². The zero-order chi connectivity index (χ0) is 19.6. The lowest BCUT2D eigenvalue weighted by atomic mass is 10.1. The first-order valence-corrected chi connectivity index (χ1v) is 9.12. The Labute approximate surface area is 160 Å². The fourth-order valence-corrected chi connectivity index (χ4v) is 2.61. The van der Waals surface area contributed by atoms with Crippen LogP contribution < -0.4 is 14.8 Å². The number of aromatic nitrogens is 2. The first-order chi connectivity index (χ1) is 13.1. The number of hydrogen-bond donors (Lipinski definition) is 1. The molecule has 1 N–H and O–H groups in total. The summed E-state index contributed by atoms with van der Waals surface area (Å²) < 4.78 is 10.6. The Morgan fingerprint density at radius 2 is 1.96 bits per heavy atom. The summed E-state index contributed by atoms with van der Waals surface area (Å²) in [6.45, 7) is 3.46. The molecule has 0 aliphatic carbocycles. The monoisotopic (exact) mass is 372 g/mol. The number of nitrogens with zero attached hydrogens (tertiary/aromatic N) is 3. The summed E-state index contributed by atoms with van der Waals surface area (Å²) in [5.41, 5.74) is 1.50. The molecule has 0 saturated carbocycles. The van der Waals surface area contributed by atoms with Crippen molar-refractivity contribution in [3.63, 3.8) is 0 Å². The van der Waals surface area contributed by atoms with E-state index in [9.17, 15) is 4.79 Å². The van der Waals surface area contributed by atoms with E-state index < -0.39 is 0 Å². The smallest absolute Gasteiger partial charge is 0.272 e. The molecule has 2 rings (SSSR count). The Bertz CT molecular complexity index is 752. The van der Waals surface area contributed by atoms with Crippen molar-refractivity contribution in [2.24, 2.45) is 0 Å². The molecule has 1 heterocycles. The molecule has 7 nitrogen and oxygen atoms in total. The van der Waals surface area contributed by atoms with E-state index in [0.29, 0.717) is 29.7 Å². The number of methoxy groups -OCH3 is 2. The molecule has 0 aliphatic rings. The van der Waals surface area contributed by atoms with Crippen LogP contribution in [0.15, 0.2) is 30.5 Å². The van der Waals surface area contributed by atoms with Crippen molar-refractivity contribution in [2.45, 2.75) is 26.2 Å². The third-order valence-electron chi connectivity index (χ3n) is 4.21. The summed E-state index contributed by atoms with van der Waals surface area (Å²) in [6, 6.07) is 7.47. The lowest BCUT2D eigenvalue weighted by Gasteiger charge is -2.16. The Kier molecular flexibility index (Phi) is 7.85. The van der Waals surface area contributed by atoms with E-state index in [1.807, 2.05) is 18.2 Å². The van der Waals surface area contributed by atoms with Gasteiger partial charge in [-0.2, -0.15) is 0 Å². The lowest BCUT2D eigenvalue weighted by molar-refractivity contribution is 0.0787. The van der Waals surface area contributed by atoms with Gasteiger partial charge in [0, 0.05) is 26.3 Å². The fourth-order valence-electron chi connectivity index (χ4n) is 2.61. The number of carbonyl (C=O) groups is 1.